The number of fused-ring (bicyclic) bond motifs is 1. The second-order valence-electron chi connectivity index (χ2n) is 7.42. The second-order valence-corrected chi connectivity index (χ2v) is 9.00. The molecule has 0 spiro atoms. The number of thioether (sulfide) groups is 1. The van der Waals surface area contributed by atoms with Crippen LogP contribution in [0.15, 0.2) is 12.1 Å². The molecule has 0 bridgehead atoms. The molecule has 0 N–H and O–H groups in total. The molecule has 2 aliphatic rings. The average molecular weight is 466 g/mol. The minimum Gasteiger partial charge on any atom is -0.493 e. The van der Waals surface area contributed by atoms with Crippen molar-refractivity contribution in [3.05, 3.63) is 23.3 Å². The molecule has 1 atom stereocenters. The van der Waals surface area contributed by atoms with Crippen molar-refractivity contribution < 1.29 is 28.6 Å². The smallest absolute Gasteiger partial charge is 0.233 e. The van der Waals surface area contributed by atoms with Gasteiger partial charge in [-0.3, -0.25) is 14.4 Å². The zero-order valence-electron chi connectivity index (χ0n) is 18.0. The quantitative estimate of drug-likeness (QED) is 0.468. The van der Waals surface area contributed by atoms with Gasteiger partial charge in [-0.1, -0.05) is 11.8 Å². The number of carbonyl (C=O) groups excluding carboxylic acids is 3. The Balaban J connectivity index is 1.99. The number of hydrogen-bond acceptors (Lipinski definition) is 8. The third-order valence-corrected chi connectivity index (χ3v) is 6.89. The van der Waals surface area contributed by atoms with Gasteiger partial charge in [-0.05, 0) is 55.2 Å². The Bertz CT molecular complexity index is 871. The van der Waals surface area contributed by atoms with Gasteiger partial charge in [-0.25, -0.2) is 0 Å². The molecule has 9 heteroatoms. The maximum Gasteiger partial charge on any atom is 0.233 e. The van der Waals surface area contributed by atoms with Gasteiger partial charge in [-0.2, -0.15) is 0 Å². The van der Waals surface area contributed by atoms with E-state index >= 15 is 0 Å². The SMILES string of the molecule is CCOC(=S)SCC(=O)N1CCc2cc(OC)c(OC)cc2[C@@H]1C1C(=O)CCCC1=O. The molecule has 1 aliphatic carbocycles. The summed E-state index contributed by atoms with van der Waals surface area (Å²) in [6, 6.07) is 3.02. The van der Waals surface area contributed by atoms with Crippen LogP contribution in [0.3, 0.4) is 0 Å². The molecule has 0 unspecified atom stereocenters. The van der Waals surface area contributed by atoms with Crippen LogP contribution in [0.25, 0.3) is 0 Å². The van der Waals surface area contributed by atoms with Crippen LogP contribution in [0, 0.1) is 5.92 Å². The highest BCUT2D eigenvalue weighted by Gasteiger charge is 2.44. The van der Waals surface area contributed by atoms with Gasteiger partial charge in [0.2, 0.25) is 10.3 Å². The van der Waals surface area contributed by atoms with E-state index in [1.165, 1.54) is 7.11 Å². The van der Waals surface area contributed by atoms with E-state index in [0.29, 0.717) is 54.7 Å². The lowest BCUT2D eigenvalue weighted by molar-refractivity contribution is -0.142. The summed E-state index contributed by atoms with van der Waals surface area (Å²) in [6.07, 6.45) is 1.85. The van der Waals surface area contributed by atoms with Crippen molar-refractivity contribution in [3.63, 3.8) is 0 Å². The first-order chi connectivity index (χ1) is 14.9. The van der Waals surface area contributed by atoms with Gasteiger partial charge in [-0.15, -0.1) is 0 Å². The van der Waals surface area contributed by atoms with Crippen LogP contribution in [0.4, 0.5) is 0 Å². The van der Waals surface area contributed by atoms with Crippen molar-refractivity contribution in [2.75, 3.05) is 33.1 Å². The maximum atomic E-state index is 13.2. The summed E-state index contributed by atoms with van der Waals surface area (Å²) >= 11 is 6.27. The highest BCUT2D eigenvalue weighted by Crippen LogP contribution is 2.43. The number of Topliss-reactive ketones (excluding diaryl/α,β-unsaturated/α-hetero) is 2. The van der Waals surface area contributed by atoms with E-state index in [4.69, 9.17) is 26.4 Å². The van der Waals surface area contributed by atoms with Gasteiger partial charge in [0.25, 0.3) is 0 Å². The molecule has 1 amide bonds. The zero-order chi connectivity index (χ0) is 22.5. The number of ketones is 2. The molecular weight excluding hydrogens is 438 g/mol. The van der Waals surface area contributed by atoms with E-state index in [1.54, 1.807) is 18.1 Å². The molecule has 1 heterocycles. The number of thiocarbonyl (C=S) groups is 1. The summed E-state index contributed by atoms with van der Waals surface area (Å²) in [4.78, 5) is 40.5. The van der Waals surface area contributed by atoms with E-state index < -0.39 is 12.0 Å². The van der Waals surface area contributed by atoms with E-state index in [-0.39, 0.29) is 23.2 Å². The van der Waals surface area contributed by atoms with E-state index in [2.05, 4.69) is 0 Å². The lowest BCUT2D eigenvalue weighted by Crippen LogP contribution is -2.49. The van der Waals surface area contributed by atoms with Crippen molar-refractivity contribution in [2.45, 2.75) is 38.6 Å². The first-order valence-electron chi connectivity index (χ1n) is 10.3. The van der Waals surface area contributed by atoms with Crippen molar-refractivity contribution in [1.29, 1.82) is 0 Å². The van der Waals surface area contributed by atoms with Gasteiger partial charge in [0.15, 0.2) is 11.5 Å². The number of carbonyl (C=O) groups is 3. The lowest BCUT2D eigenvalue weighted by Gasteiger charge is -2.42. The number of ether oxygens (including phenoxy) is 3. The summed E-state index contributed by atoms with van der Waals surface area (Å²) in [6.45, 7) is 2.67. The van der Waals surface area contributed by atoms with Gasteiger partial charge in [0.1, 0.15) is 17.5 Å². The van der Waals surface area contributed by atoms with Crippen molar-refractivity contribution in [3.8, 4) is 11.5 Å². The van der Waals surface area contributed by atoms with Crippen LogP contribution in [0.5, 0.6) is 11.5 Å². The number of benzene rings is 1. The molecule has 0 radical (unpaired) electrons. The minimum atomic E-state index is -0.862. The first-order valence-corrected chi connectivity index (χ1v) is 11.7. The molecule has 0 saturated heterocycles. The average Bonchev–Trinajstić information content (AvgIpc) is 2.76. The molecule has 3 rings (SSSR count). The molecule has 1 fully saturated rings. The van der Waals surface area contributed by atoms with Crippen LogP contribution in [0.1, 0.15) is 43.4 Å². The van der Waals surface area contributed by atoms with E-state index in [9.17, 15) is 14.4 Å². The van der Waals surface area contributed by atoms with E-state index in [1.807, 2.05) is 13.0 Å². The number of methoxy groups -OCH3 is 2. The summed E-state index contributed by atoms with van der Waals surface area (Å²) in [5.74, 6) is -0.0879. The molecule has 1 saturated carbocycles. The highest BCUT2D eigenvalue weighted by molar-refractivity contribution is 8.23. The van der Waals surface area contributed by atoms with Crippen LogP contribution in [-0.2, 0) is 25.5 Å². The fourth-order valence-corrected chi connectivity index (χ4v) is 5.16. The lowest BCUT2D eigenvalue weighted by atomic mass is 9.75. The number of rotatable bonds is 6. The van der Waals surface area contributed by atoms with E-state index in [0.717, 1.165) is 22.9 Å². The number of hydrogen-bond donors (Lipinski definition) is 0. The standard InChI is InChI=1S/C22H27NO6S2/c1-4-29-22(30)31-12-19(26)23-9-8-13-10-17(27-2)18(28-3)11-14(13)21(23)20-15(24)6-5-7-16(20)25/h10-11,20-21H,4-9,12H2,1-3H3/t21-/m1/s1. The van der Waals surface area contributed by atoms with Crippen LogP contribution in [-0.4, -0.2) is 59.9 Å². The van der Waals surface area contributed by atoms with Gasteiger partial charge < -0.3 is 19.1 Å². The first kappa shape index (κ1) is 23.5. The molecule has 7 nitrogen and oxygen atoms in total. The highest BCUT2D eigenvalue weighted by atomic mass is 32.2. The molecule has 168 valence electrons. The Morgan fingerprint density at radius 2 is 1.77 bits per heavy atom. The van der Waals surface area contributed by atoms with Gasteiger partial charge >= 0.3 is 0 Å². The molecule has 31 heavy (non-hydrogen) atoms. The summed E-state index contributed by atoms with van der Waals surface area (Å²) in [5.41, 5.74) is 1.72. The van der Waals surface area contributed by atoms with Crippen LogP contribution in [0.2, 0.25) is 0 Å². The van der Waals surface area contributed by atoms with Crippen molar-refractivity contribution in [1.82, 2.24) is 4.90 Å². The topological polar surface area (TPSA) is 82.1 Å². The molecule has 0 aromatic heterocycles. The molecular formula is C22H27NO6S2. The molecule has 1 aliphatic heterocycles. The van der Waals surface area contributed by atoms with Gasteiger partial charge in [0.05, 0.1) is 32.6 Å². The largest absolute Gasteiger partial charge is 0.493 e. The predicted octanol–water partition coefficient (Wildman–Crippen LogP) is 3.12. The summed E-state index contributed by atoms with van der Waals surface area (Å²) in [7, 11) is 3.10. The number of nitrogens with zero attached hydrogens (tertiary/aromatic N) is 1. The normalized spacial score (nSPS) is 19.1. The van der Waals surface area contributed by atoms with Gasteiger partial charge in [0, 0.05) is 19.4 Å². The van der Waals surface area contributed by atoms with Crippen LogP contribution >= 0.6 is 24.0 Å². The molecule has 1 aromatic carbocycles. The number of amides is 1. The predicted molar refractivity (Wildman–Crippen MR) is 122 cm³/mol. The fraction of sp³-hybridized carbons (Fsp3) is 0.545. The third-order valence-electron chi connectivity index (χ3n) is 5.67. The Kier molecular flexibility index (Phi) is 7.94. The Morgan fingerprint density at radius 3 is 2.39 bits per heavy atom. The monoisotopic (exact) mass is 465 g/mol. The zero-order valence-corrected chi connectivity index (χ0v) is 19.6. The van der Waals surface area contributed by atoms with Crippen molar-refractivity contribution >= 4 is 45.8 Å². The molecule has 1 aromatic rings. The summed E-state index contributed by atoms with van der Waals surface area (Å²) < 4.78 is 16.4. The van der Waals surface area contributed by atoms with Crippen molar-refractivity contribution in [2.24, 2.45) is 5.92 Å². The fourth-order valence-electron chi connectivity index (χ4n) is 4.26. The summed E-state index contributed by atoms with van der Waals surface area (Å²) in [5, 5.41) is 0. The minimum absolute atomic E-state index is 0.0903. The Morgan fingerprint density at radius 1 is 1.13 bits per heavy atom. The Labute approximate surface area is 191 Å². The second kappa shape index (κ2) is 10.5. The maximum absolute atomic E-state index is 13.2. The van der Waals surface area contributed by atoms with Crippen LogP contribution < -0.4 is 9.47 Å². The third kappa shape index (κ3) is 5.03. The Hall–Kier alpha value is -2.13.